The molecule has 2 N–H and O–H groups in total. The molecule has 0 radical (unpaired) electrons. The zero-order valence-corrected chi connectivity index (χ0v) is 13.9. The number of aromatic nitrogens is 2. The molecule has 8 nitrogen and oxygen atoms in total. The Morgan fingerprint density at radius 2 is 2.21 bits per heavy atom. The Bertz CT molecular complexity index is 847. The molecule has 124 valence electrons. The van der Waals surface area contributed by atoms with Gasteiger partial charge in [-0.2, -0.15) is 0 Å². The molecule has 24 heavy (non-hydrogen) atoms. The fourth-order valence-electron chi connectivity index (χ4n) is 1.83. The van der Waals surface area contributed by atoms with Crippen molar-refractivity contribution >= 4 is 46.3 Å². The van der Waals surface area contributed by atoms with Crippen LogP contribution in [-0.4, -0.2) is 46.0 Å². The monoisotopic (exact) mass is 345 g/mol. The lowest BCUT2D eigenvalue weighted by Crippen LogP contribution is -2.14. The molecule has 0 bridgehead atoms. The molecular weight excluding hydrogens is 330 g/mol. The number of amides is 1. The Morgan fingerprint density at radius 3 is 2.79 bits per heavy atom. The van der Waals surface area contributed by atoms with Crippen LogP contribution in [0.25, 0.3) is 5.70 Å². The van der Waals surface area contributed by atoms with Crippen LogP contribution in [0.3, 0.4) is 0 Å². The Balaban J connectivity index is 2.30. The first-order chi connectivity index (χ1) is 11.4. The second-order valence-electron chi connectivity index (χ2n) is 4.67. The summed E-state index contributed by atoms with van der Waals surface area (Å²) >= 11 is 1.09. The molecule has 0 aromatic carbocycles. The number of carboxylic acids is 1. The number of carbonyl (C=O) groups is 2. The molecule has 2 heterocycles. The highest BCUT2D eigenvalue weighted by molar-refractivity contribution is 7.15. The van der Waals surface area contributed by atoms with Crippen molar-refractivity contribution in [3.63, 3.8) is 0 Å². The molecule has 0 saturated carbocycles. The minimum Gasteiger partial charge on any atom is -0.478 e. The maximum atomic E-state index is 12.1. The molecular formula is C15H15N5O3S. The van der Waals surface area contributed by atoms with Crippen LogP contribution in [0.5, 0.6) is 0 Å². The van der Waals surface area contributed by atoms with Gasteiger partial charge in [0.1, 0.15) is 16.3 Å². The number of aliphatic imine (C=N–C) groups is 2. The zero-order valence-electron chi connectivity index (χ0n) is 13.1. The summed E-state index contributed by atoms with van der Waals surface area (Å²) in [5.41, 5.74) is 0.742. The van der Waals surface area contributed by atoms with Crippen LogP contribution >= 0.6 is 11.3 Å². The molecule has 0 atom stereocenters. The van der Waals surface area contributed by atoms with E-state index in [1.54, 1.807) is 24.0 Å². The molecule has 2 rings (SSSR count). The van der Waals surface area contributed by atoms with E-state index in [0.717, 1.165) is 11.3 Å². The summed E-state index contributed by atoms with van der Waals surface area (Å²) in [4.78, 5) is 35.4. The predicted molar refractivity (Wildman–Crippen MR) is 94.4 cm³/mol. The fraction of sp³-hybridized carbons (Fsp3) is 0.133. The lowest BCUT2D eigenvalue weighted by Gasteiger charge is -2.04. The van der Waals surface area contributed by atoms with Crippen molar-refractivity contribution in [3.8, 4) is 0 Å². The van der Waals surface area contributed by atoms with Gasteiger partial charge in [-0.05, 0) is 0 Å². The second-order valence-corrected chi connectivity index (χ2v) is 5.55. The number of aryl methyl sites for hydroxylation is 1. The van der Waals surface area contributed by atoms with Crippen LogP contribution in [0.15, 0.2) is 34.5 Å². The molecule has 0 fully saturated rings. The SMILES string of the molecule is C=C(N=CC=NC)c1csc(NC(=O)c2cn(C)cn2)c1C(=O)O. The number of rotatable bonds is 6. The lowest BCUT2D eigenvalue weighted by molar-refractivity contribution is 0.0698. The van der Waals surface area contributed by atoms with Gasteiger partial charge in [-0.1, -0.05) is 6.58 Å². The number of carboxylic acid groups (broad SMARTS) is 1. The topological polar surface area (TPSA) is 109 Å². The van der Waals surface area contributed by atoms with Gasteiger partial charge in [-0.3, -0.25) is 14.8 Å². The van der Waals surface area contributed by atoms with Gasteiger partial charge in [0.2, 0.25) is 0 Å². The lowest BCUT2D eigenvalue weighted by atomic mass is 10.1. The molecule has 0 aliphatic rings. The van der Waals surface area contributed by atoms with Gasteiger partial charge in [0.25, 0.3) is 5.91 Å². The summed E-state index contributed by atoms with van der Waals surface area (Å²) in [7, 11) is 3.32. The number of nitrogens with zero attached hydrogens (tertiary/aromatic N) is 4. The van der Waals surface area contributed by atoms with Crippen molar-refractivity contribution in [3.05, 3.63) is 41.3 Å². The number of anilines is 1. The first-order valence-electron chi connectivity index (χ1n) is 6.72. The third-order valence-electron chi connectivity index (χ3n) is 2.93. The van der Waals surface area contributed by atoms with E-state index in [9.17, 15) is 14.7 Å². The molecule has 0 saturated heterocycles. The van der Waals surface area contributed by atoms with Gasteiger partial charge in [0.15, 0.2) is 0 Å². The Kier molecular flexibility index (Phi) is 5.38. The molecule has 0 aliphatic heterocycles. The standard InChI is InChI=1S/C15H15N5O3S/c1-9(17-5-4-16-2)10-7-24-14(12(10)15(22)23)19-13(21)11-6-20(3)8-18-11/h4-8H,1H2,2-3H3,(H,19,21)(H,22,23). The van der Waals surface area contributed by atoms with Crippen molar-refractivity contribution in [2.24, 2.45) is 17.0 Å². The predicted octanol–water partition coefficient (Wildman–Crippen LogP) is 2.17. The minimum absolute atomic E-state index is 0.0557. The second kappa shape index (κ2) is 7.47. The minimum atomic E-state index is -1.18. The van der Waals surface area contributed by atoms with Crippen molar-refractivity contribution in [2.75, 3.05) is 12.4 Å². The van der Waals surface area contributed by atoms with Crippen molar-refractivity contribution < 1.29 is 14.7 Å². The average molecular weight is 345 g/mol. The van der Waals surface area contributed by atoms with E-state index in [1.165, 1.54) is 25.0 Å². The van der Waals surface area contributed by atoms with Gasteiger partial charge in [0, 0.05) is 43.7 Å². The van der Waals surface area contributed by atoms with E-state index < -0.39 is 11.9 Å². The first-order valence-corrected chi connectivity index (χ1v) is 7.60. The van der Waals surface area contributed by atoms with Gasteiger partial charge >= 0.3 is 5.97 Å². The number of carbonyl (C=O) groups excluding carboxylic acids is 1. The molecule has 0 aliphatic carbocycles. The number of imidazole rings is 1. The van der Waals surface area contributed by atoms with Crippen LogP contribution in [0.2, 0.25) is 0 Å². The van der Waals surface area contributed by atoms with E-state index in [0.29, 0.717) is 5.56 Å². The highest BCUT2D eigenvalue weighted by Gasteiger charge is 2.22. The molecule has 0 spiro atoms. The van der Waals surface area contributed by atoms with E-state index >= 15 is 0 Å². The summed E-state index contributed by atoms with van der Waals surface area (Å²) < 4.78 is 1.62. The highest BCUT2D eigenvalue weighted by Crippen LogP contribution is 2.33. The van der Waals surface area contributed by atoms with Crippen LogP contribution in [0.4, 0.5) is 5.00 Å². The Labute approximate surface area is 141 Å². The number of nitrogens with one attached hydrogen (secondary N) is 1. The van der Waals surface area contributed by atoms with Crippen LogP contribution in [0.1, 0.15) is 26.4 Å². The molecule has 9 heteroatoms. The number of aromatic carboxylic acids is 1. The molecule has 2 aromatic heterocycles. The summed E-state index contributed by atoms with van der Waals surface area (Å²) in [6.45, 7) is 3.75. The van der Waals surface area contributed by atoms with Crippen LogP contribution in [0, 0.1) is 0 Å². The number of thiophene rings is 1. The summed E-state index contributed by atoms with van der Waals surface area (Å²) in [6, 6.07) is 0. The third-order valence-corrected chi connectivity index (χ3v) is 3.82. The Hall–Kier alpha value is -3.07. The van der Waals surface area contributed by atoms with Gasteiger partial charge < -0.3 is 15.0 Å². The fourth-order valence-corrected chi connectivity index (χ4v) is 2.79. The Morgan fingerprint density at radius 1 is 1.46 bits per heavy atom. The van der Waals surface area contributed by atoms with Gasteiger partial charge in [-0.15, -0.1) is 11.3 Å². The summed E-state index contributed by atoms with van der Waals surface area (Å²) in [5, 5.41) is 13.8. The molecule has 1 amide bonds. The van der Waals surface area contributed by atoms with Crippen molar-refractivity contribution in [2.45, 2.75) is 0 Å². The average Bonchev–Trinajstić information content (AvgIpc) is 3.13. The maximum Gasteiger partial charge on any atom is 0.339 e. The normalized spacial score (nSPS) is 11.2. The largest absolute Gasteiger partial charge is 0.478 e. The quantitative estimate of drug-likeness (QED) is 0.782. The van der Waals surface area contributed by atoms with Crippen molar-refractivity contribution in [1.29, 1.82) is 0 Å². The van der Waals surface area contributed by atoms with E-state index in [2.05, 4.69) is 26.9 Å². The summed E-state index contributed by atoms with van der Waals surface area (Å²) in [6.07, 6.45) is 5.90. The summed E-state index contributed by atoms with van der Waals surface area (Å²) in [5.74, 6) is -1.66. The smallest absolute Gasteiger partial charge is 0.339 e. The third kappa shape index (κ3) is 3.82. The maximum absolute atomic E-state index is 12.1. The van der Waals surface area contributed by atoms with E-state index in [4.69, 9.17) is 0 Å². The van der Waals surface area contributed by atoms with Gasteiger partial charge in [0.05, 0.1) is 12.0 Å². The highest BCUT2D eigenvalue weighted by atomic mass is 32.1. The van der Waals surface area contributed by atoms with Gasteiger partial charge in [-0.25, -0.2) is 9.78 Å². The first kappa shape index (κ1) is 17.3. The van der Waals surface area contributed by atoms with Crippen molar-refractivity contribution in [1.82, 2.24) is 9.55 Å². The van der Waals surface area contributed by atoms with E-state index in [1.807, 2.05) is 0 Å². The van der Waals surface area contributed by atoms with Crippen LogP contribution < -0.4 is 5.32 Å². The number of hydrogen-bond donors (Lipinski definition) is 2. The molecule has 2 aromatic rings. The van der Waals surface area contributed by atoms with Crippen LogP contribution in [-0.2, 0) is 7.05 Å². The number of hydrogen-bond acceptors (Lipinski definition) is 6. The zero-order chi connectivity index (χ0) is 17.7. The molecule has 0 unspecified atom stereocenters. The van der Waals surface area contributed by atoms with E-state index in [-0.39, 0.29) is 22.0 Å².